The molecule has 1 heterocycles. The number of benzene rings is 1. The van der Waals surface area contributed by atoms with E-state index in [4.69, 9.17) is 0 Å². The van der Waals surface area contributed by atoms with Gasteiger partial charge in [0.2, 0.25) is 5.91 Å². The predicted octanol–water partition coefficient (Wildman–Crippen LogP) is 3.12. The van der Waals surface area contributed by atoms with E-state index in [1.54, 1.807) is 6.20 Å². The first-order valence-corrected chi connectivity index (χ1v) is 6.63. The normalized spacial score (nSPS) is 10.1. The number of aryl methyl sites for hydroxylation is 1. The molecule has 92 valence electrons. The van der Waals surface area contributed by atoms with Crippen LogP contribution in [0, 0.1) is 6.92 Å². The van der Waals surface area contributed by atoms with Gasteiger partial charge in [-0.2, -0.15) is 0 Å². The van der Waals surface area contributed by atoms with Crippen molar-refractivity contribution in [3.8, 4) is 0 Å². The van der Waals surface area contributed by atoms with Crippen molar-refractivity contribution in [2.45, 2.75) is 11.9 Å². The van der Waals surface area contributed by atoms with E-state index >= 15 is 0 Å². The molecule has 0 saturated carbocycles. The molecule has 0 radical (unpaired) electrons. The van der Waals surface area contributed by atoms with Crippen molar-refractivity contribution in [3.63, 3.8) is 0 Å². The first kappa shape index (κ1) is 12.6. The summed E-state index contributed by atoms with van der Waals surface area (Å²) in [6, 6.07) is 13.4. The summed E-state index contributed by atoms with van der Waals surface area (Å²) >= 11 is 1.43. The van der Waals surface area contributed by atoms with Crippen LogP contribution in [0.1, 0.15) is 5.56 Å². The Kier molecular flexibility index (Phi) is 4.36. The fourth-order valence-electron chi connectivity index (χ4n) is 1.49. The average molecular weight is 258 g/mol. The first-order valence-electron chi connectivity index (χ1n) is 5.64. The number of hydrogen-bond donors (Lipinski definition) is 1. The molecule has 0 aliphatic rings. The molecule has 0 saturated heterocycles. The molecule has 4 heteroatoms. The van der Waals surface area contributed by atoms with E-state index < -0.39 is 0 Å². The van der Waals surface area contributed by atoms with Gasteiger partial charge in [0, 0.05) is 11.9 Å². The van der Waals surface area contributed by atoms with Gasteiger partial charge >= 0.3 is 0 Å². The molecule has 18 heavy (non-hydrogen) atoms. The maximum Gasteiger partial charge on any atom is 0.234 e. The smallest absolute Gasteiger partial charge is 0.234 e. The number of hydrogen-bond acceptors (Lipinski definition) is 3. The van der Waals surface area contributed by atoms with Crippen molar-refractivity contribution >= 4 is 23.4 Å². The molecule has 0 atom stereocenters. The summed E-state index contributed by atoms with van der Waals surface area (Å²) in [6.07, 6.45) is 1.72. The fraction of sp³-hybridized carbons (Fsp3) is 0.143. The molecule has 1 amide bonds. The van der Waals surface area contributed by atoms with Crippen LogP contribution in [0.15, 0.2) is 53.7 Å². The summed E-state index contributed by atoms with van der Waals surface area (Å²) in [4.78, 5) is 15.9. The standard InChI is InChI=1S/C14H14N2OS/c1-11-5-4-6-12(9-11)16-13(17)10-18-14-7-2-3-8-15-14/h2-9H,10H2,1H3,(H,16,17). The van der Waals surface area contributed by atoms with Crippen molar-refractivity contribution in [2.75, 3.05) is 11.1 Å². The zero-order valence-corrected chi connectivity index (χ0v) is 10.9. The van der Waals surface area contributed by atoms with E-state index in [0.717, 1.165) is 16.3 Å². The number of amides is 1. The van der Waals surface area contributed by atoms with Crippen LogP contribution in [0.3, 0.4) is 0 Å². The van der Waals surface area contributed by atoms with Gasteiger partial charge < -0.3 is 5.32 Å². The van der Waals surface area contributed by atoms with Crippen LogP contribution in [-0.4, -0.2) is 16.6 Å². The Morgan fingerprint density at radius 3 is 2.89 bits per heavy atom. The molecule has 0 bridgehead atoms. The fourth-order valence-corrected chi connectivity index (χ4v) is 2.15. The summed E-state index contributed by atoms with van der Waals surface area (Å²) in [6.45, 7) is 2.00. The quantitative estimate of drug-likeness (QED) is 0.857. The van der Waals surface area contributed by atoms with E-state index in [1.807, 2.05) is 49.4 Å². The monoisotopic (exact) mass is 258 g/mol. The van der Waals surface area contributed by atoms with Crippen molar-refractivity contribution in [3.05, 3.63) is 54.2 Å². The number of rotatable bonds is 4. The lowest BCUT2D eigenvalue weighted by atomic mass is 10.2. The van der Waals surface area contributed by atoms with Crippen molar-refractivity contribution in [2.24, 2.45) is 0 Å². The van der Waals surface area contributed by atoms with Gasteiger partial charge in [-0.3, -0.25) is 4.79 Å². The van der Waals surface area contributed by atoms with Gasteiger partial charge in [-0.05, 0) is 36.8 Å². The lowest BCUT2D eigenvalue weighted by Gasteiger charge is -2.05. The second-order valence-electron chi connectivity index (χ2n) is 3.87. The SMILES string of the molecule is Cc1cccc(NC(=O)CSc2ccccn2)c1. The number of aromatic nitrogens is 1. The average Bonchev–Trinajstić information content (AvgIpc) is 2.38. The van der Waals surface area contributed by atoms with Crippen LogP contribution in [0.25, 0.3) is 0 Å². The van der Waals surface area contributed by atoms with E-state index in [0.29, 0.717) is 5.75 Å². The van der Waals surface area contributed by atoms with E-state index in [9.17, 15) is 4.79 Å². The van der Waals surface area contributed by atoms with Crippen molar-refractivity contribution in [1.82, 2.24) is 4.98 Å². The third-order valence-electron chi connectivity index (χ3n) is 2.29. The minimum absolute atomic E-state index is 0.0174. The molecule has 1 aromatic carbocycles. The highest BCUT2D eigenvalue weighted by molar-refractivity contribution is 7.99. The Hall–Kier alpha value is -1.81. The molecule has 0 unspecified atom stereocenters. The molecule has 3 nitrogen and oxygen atoms in total. The molecule has 0 spiro atoms. The van der Waals surface area contributed by atoms with E-state index in [2.05, 4.69) is 10.3 Å². The van der Waals surface area contributed by atoms with Gasteiger partial charge in [0.1, 0.15) is 0 Å². The van der Waals surface area contributed by atoms with E-state index in [1.165, 1.54) is 11.8 Å². The van der Waals surface area contributed by atoms with Crippen LogP contribution in [0.2, 0.25) is 0 Å². The Bertz CT molecular complexity index is 528. The second-order valence-corrected chi connectivity index (χ2v) is 4.87. The van der Waals surface area contributed by atoms with Crippen molar-refractivity contribution in [1.29, 1.82) is 0 Å². The Labute approximate surface area is 111 Å². The zero-order chi connectivity index (χ0) is 12.8. The zero-order valence-electron chi connectivity index (χ0n) is 10.1. The highest BCUT2D eigenvalue weighted by atomic mass is 32.2. The Morgan fingerprint density at radius 2 is 2.17 bits per heavy atom. The minimum Gasteiger partial charge on any atom is -0.325 e. The van der Waals surface area contributed by atoms with Gasteiger partial charge in [-0.15, -0.1) is 0 Å². The Balaban J connectivity index is 1.86. The van der Waals surface area contributed by atoms with Gasteiger partial charge in [0.25, 0.3) is 0 Å². The topological polar surface area (TPSA) is 42.0 Å². The second kappa shape index (κ2) is 6.21. The first-order chi connectivity index (χ1) is 8.74. The number of thioether (sulfide) groups is 1. The number of anilines is 1. The summed E-state index contributed by atoms with van der Waals surface area (Å²) < 4.78 is 0. The number of nitrogens with one attached hydrogen (secondary N) is 1. The van der Waals surface area contributed by atoms with E-state index in [-0.39, 0.29) is 5.91 Å². The summed E-state index contributed by atoms with van der Waals surface area (Å²) in [7, 11) is 0. The molecule has 1 N–H and O–H groups in total. The van der Waals surface area contributed by atoms with Gasteiger partial charge in [0.05, 0.1) is 10.8 Å². The molecular weight excluding hydrogens is 244 g/mol. The number of carbonyl (C=O) groups is 1. The molecule has 0 fully saturated rings. The predicted molar refractivity (Wildman–Crippen MR) is 74.8 cm³/mol. The van der Waals surface area contributed by atoms with Crippen LogP contribution < -0.4 is 5.32 Å². The van der Waals surface area contributed by atoms with Gasteiger partial charge in [0.15, 0.2) is 0 Å². The molecule has 0 aliphatic heterocycles. The Morgan fingerprint density at radius 1 is 1.28 bits per heavy atom. The highest BCUT2D eigenvalue weighted by Gasteiger charge is 2.04. The summed E-state index contributed by atoms with van der Waals surface area (Å²) in [5.74, 6) is 0.349. The molecule has 2 rings (SSSR count). The highest BCUT2D eigenvalue weighted by Crippen LogP contribution is 2.15. The maximum atomic E-state index is 11.7. The molecule has 2 aromatic rings. The van der Waals surface area contributed by atoms with Crippen LogP contribution >= 0.6 is 11.8 Å². The maximum absolute atomic E-state index is 11.7. The molecule has 0 aliphatic carbocycles. The minimum atomic E-state index is -0.0174. The number of pyridine rings is 1. The lowest BCUT2D eigenvalue weighted by Crippen LogP contribution is -2.14. The van der Waals surface area contributed by atoms with Crippen LogP contribution in [0.5, 0.6) is 0 Å². The largest absolute Gasteiger partial charge is 0.325 e. The lowest BCUT2D eigenvalue weighted by molar-refractivity contribution is -0.113. The van der Waals surface area contributed by atoms with Crippen LogP contribution in [-0.2, 0) is 4.79 Å². The summed E-state index contributed by atoms with van der Waals surface area (Å²) in [5.41, 5.74) is 1.96. The van der Waals surface area contributed by atoms with Gasteiger partial charge in [-0.1, -0.05) is 30.0 Å². The molecular formula is C14H14N2OS. The number of carbonyl (C=O) groups excluding carboxylic acids is 1. The van der Waals surface area contributed by atoms with Crippen molar-refractivity contribution < 1.29 is 4.79 Å². The number of nitrogens with zero attached hydrogens (tertiary/aromatic N) is 1. The molecule has 1 aromatic heterocycles. The third kappa shape index (κ3) is 3.89. The van der Waals surface area contributed by atoms with Gasteiger partial charge in [-0.25, -0.2) is 4.98 Å². The van der Waals surface area contributed by atoms with Crippen LogP contribution in [0.4, 0.5) is 5.69 Å². The summed E-state index contributed by atoms with van der Waals surface area (Å²) in [5, 5.41) is 3.72. The third-order valence-corrected chi connectivity index (χ3v) is 3.23.